The molecular weight excluding hydrogens is 472 g/mol. The number of nitrogens with zero attached hydrogens (tertiary/aromatic N) is 2. The van der Waals surface area contributed by atoms with E-state index in [0.717, 1.165) is 11.8 Å². The van der Waals surface area contributed by atoms with E-state index in [0.29, 0.717) is 28.4 Å². The van der Waals surface area contributed by atoms with Gasteiger partial charge >= 0.3 is 6.03 Å². The summed E-state index contributed by atoms with van der Waals surface area (Å²) in [7, 11) is -0.327. The van der Waals surface area contributed by atoms with Gasteiger partial charge in [0.05, 0.1) is 19.1 Å². The highest BCUT2D eigenvalue weighted by Gasteiger charge is 2.30. The van der Waals surface area contributed by atoms with Gasteiger partial charge in [-0.1, -0.05) is 20.8 Å². The van der Waals surface area contributed by atoms with Gasteiger partial charge in [-0.3, -0.25) is 24.5 Å². The Morgan fingerprint density at radius 3 is 2.29 bits per heavy atom. The van der Waals surface area contributed by atoms with Gasteiger partial charge in [0.2, 0.25) is 15.9 Å². The SMILES string of the molecule is COc1c(N(C)C(=O)c2ccc(NS(C)(=O)=O)cc2)cc(N2CCC(=O)NC2=O)cc1C(C)(C)C. The molecule has 0 unspecified atom stereocenters. The lowest BCUT2D eigenvalue weighted by Crippen LogP contribution is -2.49. The molecule has 1 heterocycles. The summed E-state index contributed by atoms with van der Waals surface area (Å²) in [6.07, 6.45) is 1.21. The average Bonchev–Trinajstić information content (AvgIpc) is 2.76. The minimum Gasteiger partial charge on any atom is -0.494 e. The van der Waals surface area contributed by atoms with E-state index in [1.165, 1.54) is 41.2 Å². The Kier molecular flexibility index (Phi) is 7.11. The molecule has 0 bridgehead atoms. The van der Waals surface area contributed by atoms with Crippen molar-refractivity contribution in [2.24, 2.45) is 0 Å². The lowest BCUT2D eigenvalue weighted by atomic mass is 9.85. The summed E-state index contributed by atoms with van der Waals surface area (Å²) in [5.41, 5.74) is 2.04. The van der Waals surface area contributed by atoms with E-state index in [4.69, 9.17) is 4.74 Å². The van der Waals surface area contributed by atoms with Crippen LogP contribution in [0.3, 0.4) is 0 Å². The molecule has 188 valence electrons. The Bertz CT molecular complexity index is 1270. The first-order valence-corrected chi connectivity index (χ1v) is 12.8. The van der Waals surface area contributed by atoms with Crippen LogP contribution in [0, 0.1) is 0 Å². The van der Waals surface area contributed by atoms with Crippen LogP contribution in [0.2, 0.25) is 0 Å². The van der Waals surface area contributed by atoms with Crippen molar-refractivity contribution < 1.29 is 27.5 Å². The molecule has 2 aromatic rings. The van der Waals surface area contributed by atoms with Crippen molar-refractivity contribution in [1.29, 1.82) is 0 Å². The second kappa shape index (κ2) is 9.57. The third-order valence-corrected chi connectivity index (χ3v) is 6.14. The van der Waals surface area contributed by atoms with Gasteiger partial charge < -0.3 is 9.64 Å². The fourth-order valence-corrected chi connectivity index (χ4v) is 4.35. The van der Waals surface area contributed by atoms with E-state index in [1.54, 1.807) is 13.1 Å². The number of nitrogens with one attached hydrogen (secondary N) is 2. The highest BCUT2D eigenvalue weighted by molar-refractivity contribution is 7.92. The quantitative estimate of drug-likeness (QED) is 0.625. The van der Waals surface area contributed by atoms with Gasteiger partial charge in [0, 0.05) is 42.5 Å². The number of ether oxygens (including phenoxy) is 1. The second-order valence-electron chi connectivity index (χ2n) is 9.37. The third kappa shape index (κ3) is 5.91. The molecule has 1 aliphatic rings. The largest absolute Gasteiger partial charge is 0.494 e. The number of hydrogen-bond donors (Lipinski definition) is 2. The topological polar surface area (TPSA) is 125 Å². The standard InChI is InChI=1S/C24H30N4O6S/c1-24(2,3)18-13-17(28-12-11-20(29)25-23(28)31)14-19(21(18)34-5)27(4)22(30)15-7-9-16(10-8-15)26-35(6,32)33/h7-10,13-14,26H,11-12H2,1-6H3,(H,25,29,31). The maximum absolute atomic E-state index is 13.4. The van der Waals surface area contributed by atoms with Crippen molar-refractivity contribution in [1.82, 2.24) is 5.32 Å². The van der Waals surface area contributed by atoms with E-state index in [9.17, 15) is 22.8 Å². The van der Waals surface area contributed by atoms with Crippen molar-refractivity contribution >= 4 is 44.9 Å². The molecule has 2 N–H and O–H groups in total. The van der Waals surface area contributed by atoms with Crippen molar-refractivity contribution in [3.63, 3.8) is 0 Å². The number of hydrogen-bond acceptors (Lipinski definition) is 6. The summed E-state index contributed by atoms with van der Waals surface area (Å²) in [5.74, 6) is -0.206. The van der Waals surface area contributed by atoms with Crippen LogP contribution < -0.4 is 24.6 Å². The minimum atomic E-state index is -3.44. The number of rotatable bonds is 6. The van der Waals surface area contributed by atoms with Crippen molar-refractivity contribution in [3.05, 3.63) is 47.5 Å². The Balaban J connectivity index is 2.05. The molecule has 10 nitrogen and oxygen atoms in total. The number of methoxy groups -OCH3 is 1. The van der Waals surface area contributed by atoms with E-state index < -0.39 is 16.1 Å². The van der Waals surface area contributed by atoms with Gasteiger partial charge in [-0.2, -0.15) is 0 Å². The molecule has 4 amide bonds. The molecule has 11 heteroatoms. The number of benzene rings is 2. The lowest BCUT2D eigenvalue weighted by molar-refractivity contribution is -0.120. The maximum Gasteiger partial charge on any atom is 0.328 e. The number of carbonyl (C=O) groups is 3. The highest BCUT2D eigenvalue weighted by atomic mass is 32.2. The van der Waals surface area contributed by atoms with Crippen LogP contribution in [0.25, 0.3) is 0 Å². The van der Waals surface area contributed by atoms with Crippen molar-refractivity contribution in [2.45, 2.75) is 32.6 Å². The summed E-state index contributed by atoms with van der Waals surface area (Å²) in [4.78, 5) is 40.4. The molecule has 0 saturated carbocycles. The van der Waals surface area contributed by atoms with Crippen molar-refractivity contribution in [3.8, 4) is 5.75 Å². The van der Waals surface area contributed by atoms with Gasteiger partial charge in [0.15, 0.2) is 0 Å². The Hall–Kier alpha value is -3.60. The summed E-state index contributed by atoms with van der Waals surface area (Å²) >= 11 is 0. The number of urea groups is 1. The van der Waals surface area contributed by atoms with Crippen LogP contribution in [0.1, 0.15) is 43.1 Å². The number of amides is 4. The van der Waals surface area contributed by atoms with Crippen LogP contribution >= 0.6 is 0 Å². The molecule has 3 rings (SSSR count). The first kappa shape index (κ1) is 26.0. The van der Waals surface area contributed by atoms with E-state index in [-0.39, 0.29) is 30.2 Å². The first-order valence-electron chi connectivity index (χ1n) is 10.9. The lowest BCUT2D eigenvalue weighted by Gasteiger charge is -2.32. The molecule has 0 atom stereocenters. The van der Waals surface area contributed by atoms with E-state index in [2.05, 4.69) is 10.0 Å². The molecule has 2 aromatic carbocycles. The molecular formula is C24H30N4O6S. The van der Waals surface area contributed by atoms with E-state index in [1.807, 2.05) is 26.8 Å². The molecule has 1 aliphatic heterocycles. The molecule has 35 heavy (non-hydrogen) atoms. The molecule has 1 fully saturated rings. The monoisotopic (exact) mass is 502 g/mol. The fraction of sp³-hybridized carbons (Fsp3) is 0.375. The van der Waals surface area contributed by atoms with Gasteiger partial charge in [-0.05, 0) is 41.8 Å². The van der Waals surface area contributed by atoms with E-state index >= 15 is 0 Å². The zero-order chi connectivity index (χ0) is 26.1. The molecule has 0 spiro atoms. The third-order valence-electron chi connectivity index (χ3n) is 5.53. The summed E-state index contributed by atoms with van der Waals surface area (Å²) in [6, 6.07) is 9.05. The molecule has 0 aliphatic carbocycles. The highest BCUT2D eigenvalue weighted by Crippen LogP contribution is 2.42. The van der Waals surface area contributed by atoms with Gasteiger partial charge in [-0.25, -0.2) is 13.2 Å². The van der Waals surface area contributed by atoms with Crippen LogP contribution in [-0.4, -0.2) is 53.2 Å². The summed E-state index contributed by atoms with van der Waals surface area (Å²) in [6.45, 7) is 6.20. The minimum absolute atomic E-state index is 0.167. The zero-order valence-electron chi connectivity index (χ0n) is 20.6. The average molecular weight is 503 g/mol. The number of imide groups is 1. The Labute approximate surface area is 205 Å². The predicted octanol–water partition coefficient (Wildman–Crippen LogP) is 3.09. The van der Waals surface area contributed by atoms with Crippen LogP contribution in [0.15, 0.2) is 36.4 Å². The molecule has 1 saturated heterocycles. The smallest absolute Gasteiger partial charge is 0.328 e. The van der Waals surface area contributed by atoms with Crippen LogP contribution in [-0.2, 0) is 20.2 Å². The normalized spacial score (nSPS) is 14.4. The zero-order valence-corrected chi connectivity index (χ0v) is 21.4. The van der Waals surface area contributed by atoms with Gasteiger partial charge in [0.1, 0.15) is 5.75 Å². The van der Waals surface area contributed by atoms with Crippen LogP contribution in [0.4, 0.5) is 21.9 Å². The maximum atomic E-state index is 13.4. The van der Waals surface area contributed by atoms with Crippen LogP contribution in [0.5, 0.6) is 5.75 Å². The number of sulfonamides is 1. The molecule has 0 radical (unpaired) electrons. The number of anilines is 3. The second-order valence-corrected chi connectivity index (χ2v) is 11.1. The summed E-state index contributed by atoms with van der Waals surface area (Å²) < 4.78 is 31.0. The molecule has 0 aromatic heterocycles. The first-order chi connectivity index (χ1) is 16.2. The van der Waals surface area contributed by atoms with Gasteiger partial charge in [0.25, 0.3) is 5.91 Å². The number of carbonyl (C=O) groups excluding carboxylic acids is 3. The Morgan fingerprint density at radius 2 is 1.77 bits per heavy atom. The van der Waals surface area contributed by atoms with Gasteiger partial charge in [-0.15, -0.1) is 0 Å². The summed E-state index contributed by atoms with van der Waals surface area (Å²) in [5, 5.41) is 2.32. The fourth-order valence-electron chi connectivity index (χ4n) is 3.78. The predicted molar refractivity (Wildman–Crippen MR) is 135 cm³/mol. The Morgan fingerprint density at radius 1 is 1.14 bits per heavy atom. The van der Waals surface area contributed by atoms with Crippen molar-refractivity contribution in [2.75, 3.05) is 41.5 Å².